The van der Waals surface area contributed by atoms with Gasteiger partial charge in [-0.3, -0.25) is 4.90 Å². The summed E-state index contributed by atoms with van der Waals surface area (Å²) < 4.78 is 0. The van der Waals surface area contributed by atoms with Crippen molar-refractivity contribution < 1.29 is 0 Å². The summed E-state index contributed by atoms with van der Waals surface area (Å²) >= 11 is 2.14. The molecule has 3 heteroatoms. The maximum absolute atomic E-state index is 5.82. The molecule has 0 saturated carbocycles. The Balaban J connectivity index is 1.65. The lowest BCUT2D eigenvalue weighted by Crippen LogP contribution is -2.24. The molecule has 2 aliphatic heterocycles. The van der Waals surface area contributed by atoms with E-state index in [4.69, 9.17) is 5.73 Å². The van der Waals surface area contributed by atoms with Gasteiger partial charge in [0.05, 0.1) is 0 Å². The average molecular weight is 234 g/mol. The Morgan fingerprint density at radius 1 is 1.31 bits per heavy atom. The fraction of sp³-hybridized carbons (Fsp3) is 0.538. The van der Waals surface area contributed by atoms with Gasteiger partial charge in [0.1, 0.15) is 0 Å². The van der Waals surface area contributed by atoms with Crippen LogP contribution in [0, 0.1) is 0 Å². The van der Waals surface area contributed by atoms with E-state index in [-0.39, 0.29) is 0 Å². The van der Waals surface area contributed by atoms with E-state index in [0.29, 0.717) is 0 Å². The largest absolute Gasteiger partial charge is 0.399 e. The Hall–Kier alpha value is -0.670. The zero-order valence-corrected chi connectivity index (χ0v) is 10.3. The van der Waals surface area contributed by atoms with Crippen LogP contribution in [0.3, 0.4) is 0 Å². The number of anilines is 1. The van der Waals surface area contributed by atoms with Gasteiger partial charge in [-0.15, -0.1) is 0 Å². The minimum atomic E-state index is 0.867. The van der Waals surface area contributed by atoms with E-state index < -0.39 is 0 Å². The summed E-state index contributed by atoms with van der Waals surface area (Å²) in [5, 5.41) is 0.867. The molecule has 1 aromatic rings. The van der Waals surface area contributed by atoms with Crippen LogP contribution in [0.1, 0.15) is 24.0 Å². The first-order valence-electron chi connectivity index (χ1n) is 6.02. The molecule has 0 aromatic heterocycles. The summed E-state index contributed by atoms with van der Waals surface area (Å²) in [5.41, 5.74) is 9.62. The molecule has 2 heterocycles. The molecular formula is C13H18N2S. The third kappa shape index (κ3) is 2.06. The SMILES string of the molecule is Nc1ccc2c(c1)CN(CC1CCCS1)C2. The van der Waals surface area contributed by atoms with Crippen LogP contribution in [0.25, 0.3) is 0 Å². The van der Waals surface area contributed by atoms with Crippen molar-refractivity contribution in [2.75, 3.05) is 18.0 Å². The van der Waals surface area contributed by atoms with Crippen LogP contribution in [0.4, 0.5) is 5.69 Å². The molecule has 1 saturated heterocycles. The fourth-order valence-electron chi connectivity index (χ4n) is 2.69. The standard InChI is InChI=1S/C13H18N2S/c14-12-4-3-10-7-15(8-11(10)6-12)9-13-2-1-5-16-13/h3-4,6,13H,1-2,5,7-9,14H2. The molecule has 16 heavy (non-hydrogen) atoms. The molecule has 3 rings (SSSR count). The van der Waals surface area contributed by atoms with Crippen molar-refractivity contribution in [3.8, 4) is 0 Å². The third-order valence-electron chi connectivity index (χ3n) is 3.50. The van der Waals surface area contributed by atoms with Gasteiger partial charge in [-0.1, -0.05) is 6.07 Å². The zero-order valence-electron chi connectivity index (χ0n) is 9.48. The third-order valence-corrected chi connectivity index (χ3v) is 4.88. The maximum atomic E-state index is 5.82. The molecule has 0 radical (unpaired) electrons. The molecule has 0 bridgehead atoms. The van der Waals surface area contributed by atoms with Crippen LogP contribution >= 0.6 is 11.8 Å². The van der Waals surface area contributed by atoms with Crippen LogP contribution in [0.5, 0.6) is 0 Å². The fourth-order valence-corrected chi connectivity index (χ4v) is 4.01. The zero-order chi connectivity index (χ0) is 11.0. The number of hydrogen-bond acceptors (Lipinski definition) is 3. The van der Waals surface area contributed by atoms with Gasteiger partial charge in [-0.05, 0) is 41.9 Å². The number of hydrogen-bond donors (Lipinski definition) is 1. The highest BCUT2D eigenvalue weighted by Gasteiger charge is 2.23. The van der Waals surface area contributed by atoms with Gasteiger partial charge in [-0.25, -0.2) is 0 Å². The highest BCUT2D eigenvalue weighted by Crippen LogP contribution is 2.30. The monoisotopic (exact) mass is 234 g/mol. The summed E-state index contributed by atoms with van der Waals surface area (Å²) in [4.78, 5) is 2.56. The molecule has 2 nitrogen and oxygen atoms in total. The van der Waals surface area contributed by atoms with Crippen LogP contribution in [-0.2, 0) is 13.1 Å². The molecule has 1 unspecified atom stereocenters. The first-order valence-corrected chi connectivity index (χ1v) is 7.07. The molecule has 2 N–H and O–H groups in total. The number of nitrogens with zero attached hydrogens (tertiary/aromatic N) is 1. The van der Waals surface area contributed by atoms with Gasteiger partial charge in [0.25, 0.3) is 0 Å². The molecule has 1 aromatic carbocycles. The van der Waals surface area contributed by atoms with E-state index in [0.717, 1.165) is 24.0 Å². The molecule has 86 valence electrons. The average Bonchev–Trinajstić information content (AvgIpc) is 2.86. The normalized spacial score (nSPS) is 24.9. The van der Waals surface area contributed by atoms with Gasteiger partial charge in [-0.2, -0.15) is 11.8 Å². The summed E-state index contributed by atoms with van der Waals surface area (Å²) in [7, 11) is 0. The minimum absolute atomic E-state index is 0.867. The summed E-state index contributed by atoms with van der Waals surface area (Å²) in [5.74, 6) is 1.36. The van der Waals surface area contributed by atoms with Gasteiger partial charge >= 0.3 is 0 Å². The van der Waals surface area contributed by atoms with E-state index in [9.17, 15) is 0 Å². The van der Waals surface area contributed by atoms with Gasteiger partial charge in [0.15, 0.2) is 0 Å². The van der Waals surface area contributed by atoms with E-state index in [1.54, 1.807) is 0 Å². The Morgan fingerprint density at radius 3 is 3.00 bits per heavy atom. The minimum Gasteiger partial charge on any atom is -0.399 e. The van der Waals surface area contributed by atoms with Crippen LogP contribution in [0.15, 0.2) is 18.2 Å². The predicted molar refractivity (Wildman–Crippen MR) is 70.4 cm³/mol. The maximum Gasteiger partial charge on any atom is 0.0317 e. The highest BCUT2D eigenvalue weighted by molar-refractivity contribution is 8.00. The molecule has 1 atom stereocenters. The Labute approximate surface area is 101 Å². The number of rotatable bonds is 2. The van der Waals surface area contributed by atoms with Crippen LogP contribution in [0.2, 0.25) is 0 Å². The smallest absolute Gasteiger partial charge is 0.0317 e. The first kappa shape index (κ1) is 10.5. The Bertz CT molecular complexity index is 386. The van der Waals surface area contributed by atoms with Crippen molar-refractivity contribution in [2.45, 2.75) is 31.2 Å². The number of nitrogen functional groups attached to an aromatic ring is 1. The van der Waals surface area contributed by atoms with Crippen molar-refractivity contribution >= 4 is 17.4 Å². The second kappa shape index (κ2) is 4.30. The Kier molecular flexibility index (Phi) is 2.82. The number of fused-ring (bicyclic) bond motifs is 1. The Morgan fingerprint density at radius 2 is 2.19 bits per heavy atom. The van der Waals surface area contributed by atoms with E-state index in [1.165, 1.54) is 36.3 Å². The number of nitrogens with two attached hydrogens (primary N) is 1. The molecule has 0 amide bonds. The second-order valence-corrected chi connectivity index (χ2v) is 6.24. The van der Waals surface area contributed by atoms with Gasteiger partial charge in [0, 0.05) is 30.6 Å². The van der Waals surface area contributed by atoms with Crippen molar-refractivity contribution in [2.24, 2.45) is 0 Å². The van der Waals surface area contributed by atoms with E-state index >= 15 is 0 Å². The lowest BCUT2D eigenvalue weighted by molar-refractivity contribution is 0.283. The lowest BCUT2D eigenvalue weighted by Gasteiger charge is -2.18. The van der Waals surface area contributed by atoms with Crippen LogP contribution in [-0.4, -0.2) is 22.4 Å². The van der Waals surface area contributed by atoms with Crippen LogP contribution < -0.4 is 5.73 Å². The van der Waals surface area contributed by atoms with Crippen molar-refractivity contribution in [1.82, 2.24) is 4.90 Å². The second-order valence-electron chi connectivity index (χ2n) is 4.83. The van der Waals surface area contributed by atoms with E-state index in [1.807, 2.05) is 6.07 Å². The first-order chi connectivity index (χ1) is 7.81. The topological polar surface area (TPSA) is 29.3 Å². The lowest BCUT2D eigenvalue weighted by atomic mass is 10.1. The molecule has 0 spiro atoms. The molecule has 0 aliphatic carbocycles. The predicted octanol–water partition coefficient (Wildman–Crippen LogP) is 2.48. The summed E-state index contributed by atoms with van der Waals surface area (Å²) in [6, 6.07) is 6.34. The quantitative estimate of drug-likeness (QED) is 0.797. The number of thioether (sulfide) groups is 1. The van der Waals surface area contributed by atoms with E-state index in [2.05, 4.69) is 28.8 Å². The summed E-state index contributed by atoms with van der Waals surface area (Å²) in [6.45, 7) is 3.46. The van der Waals surface area contributed by atoms with Crippen molar-refractivity contribution in [1.29, 1.82) is 0 Å². The van der Waals surface area contributed by atoms with Crippen molar-refractivity contribution in [3.63, 3.8) is 0 Å². The molecular weight excluding hydrogens is 216 g/mol. The highest BCUT2D eigenvalue weighted by atomic mass is 32.2. The van der Waals surface area contributed by atoms with Crippen molar-refractivity contribution in [3.05, 3.63) is 29.3 Å². The molecule has 1 fully saturated rings. The molecule has 2 aliphatic rings. The van der Waals surface area contributed by atoms with Gasteiger partial charge < -0.3 is 5.73 Å². The number of benzene rings is 1. The summed E-state index contributed by atoms with van der Waals surface area (Å²) in [6.07, 6.45) is 2.81. The van der Waals surface area contributed by atoms with Gasteiger partial charge in [0.2, 0.25) is 0 Å².